The summed E-state index contributed by atoms with van der Waals surface area (Å²) in [5, 5.41) is 13.2. The van der Waals surface area contributed by atoms with Gasteiger partial charge >= 0.3 is 6.03 Å². The van der Waals surface area contributed by atoms with Crippen LogP contribution in [0.5, 0.6) is 5.75 Å². The summed E-state index contributed by atoms with van der Waals surface area (Å²) in [4.78, 5) is 9.64. The number of carbonyl (C=O) groups is 1. The molecular weight excluding hydrogens is 441 g/mol. The first-order chi connectivity index (χ1) is 14.0. The number of carbonyl (C=O) groups excluding carboxylic acids is 1. The summed E-state index contributed by atoms with van der Waals surface area (Å²) in [7, 11) is -4.04. The zero-order valence-electron chi connectivity index (χ0n) is 15.0. The molecule has 0 saturated heterocycles. The molecular formula is C16H14F5N3O5S. The number of urea groups is 1. The Balaban J connectivity index is 2.43. The quantitative estimate of drug-likeness (QED) is 0.291. The Morgan fingerprint density at radius 3 is 2.13 bits per heavy atom. The smallest absolute Gasteiger partial charge is 0.319 e. The van der Waals surface area contributed by atoms with Gasteiger partial charge in [-0.1, -0.05) is 0 Å². The fourth-order valence-electron chi connectivity index (χ4n) is 2.23. The number of methoxy groups -OCH3 is 1. The molecule has 0 saturated carbocycles. The Labute approximate surface area is 166 Å². The van der Waals surface area contributed by atoms with Crippen LogP contribution in [0.4, 0.5) is 38.1 Å². The number of sulfonamides is 1. The van der Waals surface area contributed by atoms with Crippen molar-refractivity contribution in [2.75, 3.05) is 30.3 Å². The maximum Gasteiger partial charge on any atom is 0.319 e. The van der Waals surface area contributed by atoms with Gasteiger partial charge in [0, 0.05) is 6.54 Å². The van der Waals surface area contributed by atoms with Crippen molar-refractivity contribution in [3.8, 4) is 5.75 Å². The molecule has 4 N–H and O–H groups in total. The lowest BCUT2D eigenvalue weighted by molar-refractivity contribution is 0.244. The van der Waals surface area contributed by atoms with E-state index in [-0.39, 0.29) is 24.6 Å². The molecule has 2 aromatic carbocycles. The Morgan fingerprint density at radius 2 is 1.60 bits per heavy atom. The molecule has 14 heteroatoms. The molecule has 0 spiro atoms. The number of benzene rings is 2. The fraction of sp³-hybridized carbons (Fsp3) is 0.188. The number of ether oxygens (including phenoxy) is 1. The molecule has 30 heavy (non-hydrogen) atoms. The Kier molecular flexibility index (Phi) is 7.04. The van der Waals surface area contributed by atoms with E-state index in [1.54, 1.807) is 4.72 Å². The van der Waals surface area contributed by atoms with Gasteiger partial charge in [0.05, 0.1) is 25.1 Å². The van der Waals surface area contributed by atoms with Crippen LogP contribution >= 0.6 is 0 Å². The average Bonchev–Trinajstić information content (AvgIpc) is 2.69. The SMILES string of the molecule is COc1ccc(NS(=O)(=O)c2c(F)c(F)c(F)c(F)c2F)cc1NC(=O)NCCO. The molecule has 2 rings (SSSR count). The van der Waals surface area contributed by atoms with Crippen LogP contribution in [-0.2, 0) is 10.0 Å². The minimum absolute atomic E-state index is 0.0494. The van der Waals surface area contributed by atoms with Gasteiger partial charge in [-0.3, -0.25) is 4.72 Å². The fourth-order valence-corrected chi connectivity index (χ4v) is 3.42. The minimum Gasteiger partial charge on any atom is -0.495 e. The molecule has 0 aliphatic carbocycles. The lowest BCUT2D eigenvalue weighted by atomic mass is 10.2. The maximum absolute atomic E-state index is 13.8. The van der Waals surface area contributed by atoms with E-state index in [0.717, 1.165) is 18.2 Å². The molecule has 0 atom stereocenters. The Hall–Kier alpha value is -3.13. The monoisotopic (exact) mass is 455 g/mol. The number of aliphatic hydroxyl groups excluding tert-OH is 1. The second kappa shape index (κ2) is 9.13. The van der Waals surface area contributed by atoms with E-state index in [2.05, 4.69) is 10.6 Å². The summed E-state index contributed by atoms with van der Waals surface area (Å²) in [6, 6.07) is 2.39. The second-order valence-electron chi connectivity index (χ2n) is 5.52. The van der Waals surface area contributed by atoms with Crippen LogP contribution in [-0.4, -0.2) is 39.8 Å². The number of aliphatic hydroxyl groups is 1. The summed E-state index contributed by atoms with van der Waals surface area (Å²) >= 11 is 0. The Bertz CT molecular complexity index is 1050. The van der Waals surface area contributed by atoms with Gasteiger partial charge in [0.15, 0.2) is 28.2 Å². The van der Waals surface area contributed by atoms with E-state index in [4.69, 9.17) is 9.84 Å². The van der Waals surface area contributed by atoms with Crippen LogP contribution in [0.1, 0.15) is 0 Å². The minimum atomic E-state index is -5.26. The summed E-state index contributed by atoms with van der Waals surface area (Å²) in [6.07, 6.45) is 0. The lowest BCUT2D eigenvalue weighted by Gasteiger charge is -2.15. The molecule has 0 radical (unpaired) electrons. The van der Waals surface area contributed by atoms with Gasteiger partial charge in [0.1, 0.15) is 5.75 Å². The number of hydrogen-bond donors (Lipinski definition) is 4. The van der Waals surface area contributed by atoms with E-state index < -0.39 is 55.7 Å². The van der Waals surface area contributed by atoms with E-state index in [1.165, 1.54) is 7.11 Å². The number of halogens is 5. The predicted molar refractivity (Wildman–Crippen MR) is 94.1 cm³/mol. The number of anilines is 2. The molecule has 0 fully saturated rings. The van der Waals surface area contributed by atoms with E-state index in [0.29, 0.717) is 0 Å². The van der Waals surface area contributed by atoms with Crippen molar-refractivity contribution in [3.63, 3.8) is 0 Å². The van der Waals surface area contributed by atoms with Gasteiger partial charge < -0.3 is 20.5 Å². The van der Waals surface area contributed by atoms with Crippen molar-refractivity contribution in [2.45, 2.75) is 4.90 Å². The van der Waals surface area contributed by atoms with E-state index in [9.17, 15) is 35.2 Å². The third-order valence-corrected chi connectivity index (χ3v) is 4.94. The molecule has 0 bridgehead atoms. The summed E-state index contributed by atoms with van der Waals surface area (Å²) < 4.78 is 98.7. The van der Waals surface area contributed by atoms with Gasteiger partial charge in [-0.2, -0.15) is 0 Å². The summed E-state index contributed by atoms with van der Waals surface area (Å²) in [5.74, 6) is -12.4. The van der Waals surface area contributed by atoms with Gasteiger partial charge in [0.2, 0.25) is 5.82 Å². The molecule has 0 aromatic heterocycles. The largest absolute Gasteiger partial charge is 0.495 e. The van der Waals surface area contributed by atoms with Crippen molar-refractivity contribution in [1.82, 2.24) is 5.32 Å². The molecule has 0 unspecified atom stereocenters. The van der Waals surface area contributed by atoms with Crippen LogP contribution in [0.15, 0.2) is 23.1 Å². The topological polar surface area (TPSA) is 117 Å². The first-order valence-electron chi connectivity index (χ1n) is 7.91. The van der Waals surface area contributed by atoms with Gasteiger partial charge in [-0.25, -0.2) is 35.2 Å². The van der Waals surface area contributed by atoms with Crippen molar-refractivity contribution in [1.29, 1.82) is 0 Å². The highest BCUT2D eigenvalue weighted by Gasteiger charge is 2.33. The number of amides is 2. The molecule has 0 aliphatic heterocycles. The average molecular weight is 455 g/mol. The molecule has 2 aromatic rings. The number of nitrogens with one attached hydrogen (secondary N) is 3. The van der Waals surface area contributed by atoms with Crippen LogP contribution in [0.3, 0.4) is 0 Å². The molecule has 8 nitrogen and oxygen atoms in total. The number of hydrogen-bond acceptors (Lipinski definition) is 5. The highest BCUT2D eigenvalue weighted by atomic mass is 32.2. The van der Waals surface area contributed by atoms with E-state index in [1.807, 2.05) is 0 Å². The molecule has 0 heterocycles. The first kappa shape index (κ1) is 23.2. The zero-order chi connectivity index (χ0) is 22.6. The second-order valence-corrected chi connectivity index (χ2v) is 7.14. The normalized spacial score (nSPS) is 11.2. The van der Waals surface area contributed by atoms with Gasteiger partial charge in [-0.05, 0) is 18.2 Å². The van der Waals surface area contributed by atoms with Gasteiger partial charge in [-0.15, -0.1) is 0 Å². The number of rotatable bonds is 7. The van der Waals surface area contributed by atoms with Crippen molar-refractivity contribution < 1.29 is 45.0 Å². The van der Waals surface area contributed by atoms with Crippen LogP contribution in [0.25, 0.3) is 0 Å². The summed E-state index contributed by atoms with van der Waals surface area (Å²) in [6.45, 7) is -0.451. The maximum atomic E-state index is 13.8. The van der Waals surface area contributed by atoms with Crippen LogP contribution in [0.2, 0.25) is 0 Å². The molecule has 0 aliphatic rings. The predicted octanol–water partition coefficient (Wildman–Crippen LogP) is 2.31. The lowest BCUT2D eigenvalue weighted by Crippen LogP contribution is -2.31. The van der Waals surface area contributed by atoms with Gasteiger partial charge in [0.25, 0.3) is 10.0 Å². The third-order valence-electron chi connectivity index (χ3n) is 3.54. The zero-order valence-corrected chi connectivity index (χ0v) is 15.8. The van der Waals surface area contributed by atoms with Crippen molar-refractivity contribution in [2.24, 2.45) is 0 Å². The standard InChI is InChI=1S/C16H14F5N3O5S/c1-29-9-3-2-7(6-8(9)23-16(26)22-4-5-25)24-30(27,28)15-13(20)11(18)10(17)12(19)14(15)21/h2-3,6,24-25H,4-5H2,1H3,(H2,22,23,26). The third kappa shape index (κ3) is 4.71. The van der Waals surface area contributed by atoms with E-state index >= 15 is 0 Å². The van der Waals surface area contributed by atoms with Crippen molar-refractivity contribution in [3.05, 3.63) is 47.3 Å². The molecule has 164 valence electrons. The first-order valence-corrected chi connectivity index (χ1v) is 9.39. The molecule has 2 amide bonds. The van der Waals surface area contributed by atoms with Crippen molar-refractivity contribution >= 4 is 27.4 Å². The van der Waals surface area contributed by atoms with Crippen LogP contribution < -0.4 is 20.1 Å². The Morgan fingerprint density at radius 1 is 1.03 bits per heavy atom. The highest BCUT2D eigenvalue weighted by Crippen LogP contribution is 2.31. The summed E-state index contributed by atoms with van der Waals surface area (Å²) in [5.41, 5.74) is -0.497. The highest BCUT2D eigenvalue weighted by molar-refractivity contribution is 7.92. The van der Waals surface area contributed by atoms with Crippen LogP contribution in [0, 0.1) is 29.1 Å².